The van der Waals surface area contributed by atoms with Crippen molar-refractivity contribution in [1.82, 2.24) is 0 Å². The van der Waals surface area contributed by atoms with Gasteiger partial charge in [0, 0.05) is 34.0 Å². The first kappa shape index (κ1) is 42.8. The second-order valence-electron chi connectivity index (χ2n) is 24.0. The standard InChI is InChI=1S/C63H67BN2/c1-40-33-49-51(62(9,10)31-29-60(49,5)6)38-54(40)65-56-34-44(42-21-17-14-18-22-42)25-28-53(56)64-58-48(35-45(36-57(58)65)59(2,3)4)47-37-50-52(63(11,12)32-30-61(50,7)8)39-55(47)66(64)46-26-23-43(24-27-46)41-19-15-13-16-20-41/h13-28,33-39H,29-32H2,1-12H3. The van der Waals surface area contributed by atoms with E-state index in [1.54, 1.807) is 0 Å². The predicted octanol–water partition coefficient (Wildman–Crippen LogP) is 16.0. The summed E-state index contributed by atoms with van der Waals surface area (Å²) in [5.41, 5.74) is 25.6. The Hall–Kier alpha value is -5.80. The molecule has 2 aliphatic carbocycles. The number of anilines is 5. The molecule has 0 aromatic heterocycles. The molecule has 3 heteroatoms. The molecule has 0 radical (unpaired) electrons. The molecule has 7 aromatic rings. The maximum absolute atomic E-state index is 2.73. The van der Waals surface area contributed by atoms with Crippen molar-refractivity contribution in [2.75, 3.05) is 9.71 Å². The molecule has 2 heterocycles. The van der Waals surface area contributed by atoms with Crippen molar-refractivity contribution < 1.29 is 0 Å². The Bertz CT molecular complexity index is 3070. The van der Waals surface area contributed by atoms with E-state index in [0.717, 1.165) is 0 Å². The molecule has 0 unspecified atom stereocenters. The van der Waals surface area contributed by atoms with Crippen molar-refractivity contribution in [1.29, 1.82) is 0 Å². The van der Waals surface area contributed by atoms with Crippen molar-refractivity contribution >= 4 is 46.2 Å². The van der Waals surface area contributed by atoms with Gasteiger partial charge in [-0.25, -0.2) is 0 Å². The van der Waals surface area contributed by atoms with Crippen LogP contribution in [-0.2, 0) is 27.1 Å². The summed E-state index contributed by atoms with van der Waals surface area (Å²) < 4.78 is 0. The lowest BCUT2D eigenvalue weighted by atomic mass is 9.43. The van der Waals surface area contributed by atoms with Crippen LogP contribution in [-0.4, -0.2) is 6.85 Å². The van der Waals surface area contributed by atoms with Crippen LogP contribution in [0.25, 0.3) is 33.4 Å². The minimum absolute atomic E-state index is 0.0551. The van der Waals surface area contributed by atoms with E-state index in [9.17, 15) is 0 Å². The van der Waals surface area contributed by atoms with E-state index < -0.39 is 0 Å². The minimum Gasteiger partial charge on any atom is -0.376 e. The first-order valence-corrected chi connectivity index (χ1v) is 24.7. The van der Waals surface area contributed by atoms with Crippen LogP contribution < -0.4 is 20.6 Å². The monoisotopic (exact) mass is 863 g/mol. The lowest BCUT2D eigenvalue weighted by Crippen LogP contribution is -2.61. The van der Waals surface area contributed by atoms with Gasteiger partial charge in [-0.15, -0.1) is 0 Å². The van der Waals surface area contributed by atoms with Crippen molar-refractivity contribution in [2.24, 2.45) is 0 Å². The summed E-state index contributed by atoms with van der Waals surface area (Å²) in [6.45, 7) is 29.2. The maximum atomic E-state index is 2.73. The van der Waals surface area contributed by atoms with Gasteiger partial charge in [0.15, 0.2) is 0 Å². The molecule has 0 saturated carbocycles. The van der Waals surface area contributed by atoms with Gasteiger partial charge in [-0.2, -0.15) is 0 Å². The maximum Gasteiger partial charge on any atom is 0.333 e. The van der Waals surface area contributed by atoms with E-state index in [1.807, 2.05) is 0 Å². The average Bonchev–Trinajstić information content (AvgIpc) is 3.29. The highest BCUT2D eigenvalue weighted by Gasteiger charge is 2.48. The number of hydrogen-bond donors (Lipinski definition) is 0. The van der Waals surface area contributed by atoms with E-state index in [2.05, 4.69) is 232 Å². The van der Waals surface area contributed by atoms with Gasteiger partial charge in [-0.05, 0) is 174 Å². The smallest absolute Gasteiger partial charge is 0.333 e. The van der Waals surface area contributed by atoms with Crippen LogP contribution in [0.3, 0.4) is 0 Å². The fourth-order valence-electron chi connectivity index (χ4n) is 12.2. The van der Waals surface area contributed by atoms with Crippen LogP contribution in [0, 0.1) is 6.92 Å². The molecule has 0 saturated heterocycles. The summed E-state index contributed by atoms with van der Waals surface area (Å²) in [4.78, 5) is 5.43. The molecule has 2 aliphatic heterocycles. The molecule has 332 valence electrons. The third kappa shape index (κ3) is 6.65. The molecule has 0 atom stereocenters. The van der Waals surface area contributed by atoms with E-state index in [4.69, 9.17) is 0 Å². The molecule has 0 spiro atoms. The first-order chi connectivity index (χ1) is 31.2. The molecule has 0 N–H and O–H groups in total. The Balaban J connectivity index is 1.27. The Morgan fingerprint density at radius 1 is 0.439 bits per heavy atom. The van der Waals surface area contributed by atoms with E-state index >= 15 is 0 Å². The number of hydrogen-bond acceptors (Lipinski definition) is 2. The van der Waals surface area contributed by atoms with Crippen molar-refractivity contribution in [3.05, 3.63) is 173 Å². The number of fused-ring (bicyclic) bond motifs is 6. The predicted molar refractivity (Wildman–Crippen MR) is 285 cm³/mol. The molecule has 7 aromatic carbocycles. The molecule has 0 amide bonds. The number of nitrogens with zero attached hydrogens (tertiary/aromatic N) is 2. The molecule has 2 nitrogen and oxygen atoms in total. The number of aryl methyl sites for hydroxylation is 1. The molecule has 0 fully saturated rings. The summed E-state index contributed by atoms with van der Waals surface area (Å²) in [5, 5.41) is 0. The highest BCUT2D eigenvalue weighted by Crippen LogP contribution is 2.55. The fraction of sp³-hybridized carbons (Fsp3) is 0.333. The van der Waals surface area contributed by atoms with Crippen LogP contribution in [0.1, 0.15) is 135 Å². The van der Waals surface area contributed by atoms with Gasteiger partial charge in [0.2, 0.25) is 0 Å². The van der Waals surface area contributed by atoms with Crippen LogP contribution in [0.4, 0.5) is 28.4 Å². The molecule has 66 heavy (non-hydrogen) atoms. The normalized spacial score (nSPS) is 18.2. The Kier molecular flexibility index (Phi) is 9.47. The largest absolute Gasteiger partial charge is 0.376 e. The Morgan fingerprint density at radius 3 is 1.48 bits per heavy atom. The fourth-order valence-corrected chi connectivity index (χ4v) is 12.2. The molecular weight excluding hydrogens is 796 g/mol. The van der Waals surface area contributed by atoms with Crippen molar-refractivity contribution in [3.8, 4) is 33.4 Å². The summed E-state index contributed by atoms with van der Waals surface area (Å²) >= 11 is 0. The molecule has 4 aliphatic rings. The third-order valence-electron chi connectivity index (χ3n) is 16.7. The van der Waals surface area contributed by atoms with Gasteiger partial charge in [-0.3, -0.25) is 0 Å². The Labute approximate surface area is 396 Å². The van der Waals surface area contributed by atoms with Gasteiger partial charge >= 0.3 is 6.85 Å². The zero-order chi connectivity index (χ0) is 46.3. The van der Waals surface area contributed by atoms with Gasteiger partial charge < -0.3 is 9.71 Å². The lowest BCUT2D eigenvalue weighted by Gasteiger charge is -2.49. The first-order valence-electron chi connectivity index (χ1n) is 24.7. The lowest BCUT2D eigenvalue weighted by molar-refractivity contribution is 0.332. The van der Waals surface area contributed by atoms with Gasteiger partial charge in [0.05, 0.1) is 0 Å². The molecule has 0 bridgehead atoms. The molecular formula is C63H67BN2. The summed E-state index contributed by atoms with van der Waals surface area (Å²) in [5.74, 6) is 0. The second-order valence-corrected chi connectivity index (χ2v) is 24.0. The van der Waals surface area contributed by atoms with Gasteiger partial charge in [0.25, 0.3) is 0 Å². The van der Waals surface area contributed by atoms with Crippen molar-refractivity contribution in [3.63, 3.8) is 0 Å². The number of benzene rings is 7. The van der Waals surface area contributed by atoms with Crippen LogP contribution >= 0.6 is 0 Å². The van der Waals surface area contributed by atoms with E-state index in [-0.39, 0.29) is 33.9 Å². The summed E-state index contributed by atoms with van der Waals surface area (Å²) in [7, 11) is 0. The topological polar surface area (TPSA) is 6.48 Å². The van der Waals surface area contributed by atoms with E-state index in [0.29, 0.717) is 0 Å². The van der Waals surface area contributed by atoms with Crippen molar-refractivity contribution in [2.45, 2.75) is 136 Å². The van der Waals surface area contributed by atoms with Gasteiger partial charge in [0.1, 0.15) is 0 Å². The number of rotatable bonds is 4. The third-order valence-corrected chi connectivity index (χ3v) is 16.7. The second kappa shape index (κ2) is 14.6. The zero-order valence-electron chi connectivity index (χ0n) is 41.6. The quantitative estimate of drug-likeness (QED) is 0.163. The summed E-state index contributed by atoms with van der Waals surface area (Å²) in [6.07, 6.45) is 4.72. The zero-order valence-corrected chi connectivity index (χ0v) is 41.6. The van der Waals surface area contributed by atoms with Crippen LogP contribution in [0.15, 0.2) is 140 Å². The van der Waals surface area contributed by atoms with E-state index in [1.165, 1.54) is 132 Å². The van der Waals surface area contributed by atoms with Gasteiger partial charge in [-0.1, -0.05) is 173 Å². The molecule has 11 rings (SSSR count). The minimum atomic E-state index is -0.0875. The summed E-state index contributed by atoms with van der Waals surface area (Å²) in [6, 6.07) is 54.2. The van der Waals surface area contributed by atoms with Crippen LogP contribution in [0.5, 0.6) is 0 Å². The Morgan fingerprint density at radius 2 is 0.924 bits per heavy atom. The SMILES string of the molecule is Cc1cc2c(cc1N1c3cc(-c4ccccc4)ccc3B3c4c(cc(C(C)(C)C)cc41)-c1cc4c(cc1N3c1ccc(-c3ccccc3)cc1)C(C)(C)CCC4(C)C)C(C)(C)CCC2(C)C. The average molecular weight is 863 g/mol. The highest BCUT2D eigenvalue weighted by molar-refractivity contribution is 6.93. The van der Waals surface area contributed by atoms with Crippen LogP contribution in [0.2, 0.25) is 0 Å². The highest BCUT2D eigenvalue weighted by atomic mass is 15.2.